The number of hydrogen-bond donors (Lipinski definition) is 0. The summed E-state index contributed by atoms with van der Waals surface area (Å²) in [5, 5.41) is 0. The second-order valence-corrected chi connectivity index (χ2v) is 3.29. The van der Waals surface area contributed by atoms with Gasteiger partial charge in [-0.2, -0.15) is 0 Å². The first kappa shape index (κ1) is 9.32. The number of halogens is 1. The Balaban J connectivity index is 2.42. The Morgan fingerprint density at radius 2 is 2.08 bits per heavy atom. The molecule has 0 aliphatic heterocycles. The van der Waals surface area contributed by atoms with Crippen LogP contribution in [0.3, 0.4) is 0 Å². The van der Waals surface area contributed by atoms with Crippen molar-refractivity contribution in [1.29, 1.82) is 0 Å². The van der Waals surface area contributed by atoms with Crippen molar-refractivity contribution in [3.8, 4) is 0 Å². The summed E-state index contributed by atoms with van der Waals surface area (Å²) < 4.78 is 0.877. The highest BCUT2D eigenvalue weighted by atomic mass is 79.9. The lowest BCUT2D eigenvalue weighted by Gasteiger charge is -1.95. The number of unbranched alkanes of at least 4 members (excludes halogenated alkanes) is 1. The molecule has 1 rings (SSSR count). The summed E-state index contributed by atoms with van der Waals surface area (Å²) in [4.78, 5) is 18.2. The van der Waals surface area contributed by atoms with Crippen LogP contribution in [0, 0.1) is 0 Å². The van der Waals surface area contributed by atoms with E-state index in [4.69, 9.17) is 0 Å². The SMILES string of the molecule is O=CCCCc1ncc(Br)cn1. The fourth-order valence-corrected chi connectivity index (χ4v) is 1.02. The molecular weight excluding hydrogens is 220 g/mol. The lowest BCUT2D eigenvalue weighted by atomic mass is 10.2. The van der Waals surface area contributed by atoms with Crippen molar-refractivity contribution in [3.05, 3.63) is 22.7 Å². The molecule has 0 atom stereocenters. The maximum absolute atomic E-state index is 10.0. The molecule has 0 radical (unpaired) electrons. The maximum atomic E-state index is 10.0. The highest BCUT2D eigenvalue weighted by Crippen LogP contribution is 2.05. The van der Waals surface area contributed by atoms with Crippen LogP contribution < -0.4 is 0 Å². The molecule has 1 aromatic rings. The van der Waals surface area contributed by atoms with E-state index in [0.29, 0.717) is 6.42 Å². The van der Waals surface area contributed by atoms with Crippen molar-refractivity contribution >= 4 is 22.2 Å². The fraction of sp³-hybridized carbons (Fsp3) is 0.375. The largest absolute Gasteiger partial charge is 0.303 e. The summed E-state index contributed by atoms with van der Waals surface area (Å²) in [6, 6.07) is 0. The van der Waals surface area contributed by atoms with Crippen molar-refractivity contribution in [2.75, 3.05) is 0 Å². The quantitative estimate of drug-likeness (QED) is 0.583. The number of aldehydes is 1. The second kappa shape index (κ2) is 4.98. The summed E-state index contributed by atoms with van der Waals surface area (Å²) in [6.07, 6.45) is 6.52. The van der Waals surface area contributed by atoms with E-state index in [-0.39, 0.29) is 0 Å². The molecule has 4 heteroatoms. The van der Waals surface area contributed by atoms with Gasteiger partial charge in [-0.25, -0.2) is 9.97 Å². The van der Waals surface area contributed by atoms with Crippen molar-refractivity contribution in [3.63, 3.8) is 0 Å². The Morgan fingerprint density at radius 3 is 2.67 bits per heavy atom. The minimum absolute atomic E-state index is 0.583. The minimum atomic E-state index is 0.583. The predicted octanol–water partition coefficient (Wildman–Crippen LogP) is 1.76. The molecule has 0 fully saturated rings. The molecule has 0 N–H and O–H groups in total. The van der Waals surface area contributed by atoms with Gasteiger partial charge in [-0.15, -0.1) is 0 Å². The first-order valence-corrected chi connectivity index (χ1v) is 4.52. The Labute approximate surface area is 79.4 Å². The van der Waals surface area contributed by atoms with E-state index < -0.39 is 0 Å². The zero-order valence-corrected chi connectivity index (χ0v) is 8.12. The van der Waals surface area contributed by atoms with E-state index in [0.717, 1.165) is 29.4 Å². The highest BCUT2D eigenvalue weighted by Gasteiger charge is 1.95. The first-order valence-electron chi connectivity index (χ1n) is 3.73. The Hall–Kier alpha value is -0.770. The van der Waals surface area contributed by atoms with Crippen LogP contribution >= 0.6 is 15.9 Å². The number of rotatable bonds is 4. The zero-order valence-electron chi connectivity index (χ0n) is 6.53. The van der Waals surface area contributed by atoms with Crippen LogP contribution in [0.15, 0.2) is 16.9 Å². The van der Waals surface area contributed by atoms with Gasteiger partial charge in [0.25, 0.3) is 0 Å². The molecule has 0 saturated heterocycles. The molecule has 1 heterocycles. The molecule has 0 aliphatic carbocycles. The number of aryl methyl sites for hydroxylation is 1. The Morgan fingerprint density at radius 1 is 1.42 bits per heavy atom. The van der Waals surface area contributed by atoms with Gasteiger partial charge in [0.15, 0.2) is 0 Å². The number of hydrogen-bond acceptors (Lipinski definition) is 3. The van der Waals surface area contributed by atoms with Gasteiger partial charge in [0.1, 0.15) is 12.1 Å². The molecule has 0 saturated carbocycles. The molecule has 0 aromatic carbocycles. The fourth-order valence-electron chi connectivity index (χ4n) is 0.812. The lowest BCUT2D eigenvalue weighted by molar-refractivity contribution is -0.107. The number of nitrogens with zero attached hydrogens (tertiary/aromatic N) is 2. The molecule has 0 aliphatic rings. The number of carbonyl (C=O) groups excluding carboxylic acids is 1. The van der Waals surface area contributed by atoms with Gasteiger partial charge in [0.2, 0.25) is 0 Å². The monoisotopic (exact) mass is 228 g/mol. The molecule has 0 spiro atoms. The van der Waals surface area contributed by atoms with E-state index in [9.17, 15) is 4.79 Å². The first-order chi connectivity index (χ1) is 5.83. The van der Waals surface area contributed by atoms with Crippen LogP contribution in [0.2, 0.25) is 0 Å². The van der Waals surface area contributed by atoms with Gasteiger partial charge in [-0.05, 0) is 22.4 Å². The maximum Gasteiger partial charge on any atom is 0.128 e. The molecule has 12 heavy (non-hydrogen) atoms. The van der Waals surface area contributed by atoms with Crippen molar-refractivity contribution < 1.29 is 4.79 Å². The summed E-state index contributed by atoms with van der Waals surface area (Å²) in [7, 11) is 0. The van der Waals surface area contributed by atoms with Crippen molar-refractivity contribution in [1.82, 2.24) is 9.97 Å². The normalized spacial score (nSPS) is 9.75. The summed E-state index contributed by atoms with van der Waals surface area (Å²) in [5.41, 5.74) is 0. The number of carbonyl (C=O) groups is 1. The predicted molar refractivity (Wildman–Crippen MR) is 48.7 cm³/mol. The second-order valence-electron chi connectivity index (χ2n) is 2.38. The van der Waals surface area contributed by atoms with E-state index in [1.807, 2.05) is 0 Å². The van der Waals surface area contributed by atoms with Crippen LogP contribution in [0.4, 0.5) is 0 Å². The molecular formula is C8H9BrN2O. The van der Waals surface area contributed by atoms with Crippen molar-refractivity contribution in [2.45, 2.75) is 19.3 Å². The molecule has 3 nitrogen and oxygen atoms in total. The highest BCUT2D eigenvalue weighted by molar-refractivity contribution is 9.10. The standard InChI is InChI=1S/C8H9BrN2O/c9-7-5-10-8(11-6-7)3-1-2-4-12/h4-6H,1-3H2. The van der Waals surface area contributed by atoms with Crippen molar-refractivity contribution in [2.24, 2.45) is 0 Å². The Kier molecular flexibility index (Phi) is 3.87. The van der Waals surface area contributed by atoms with Crippen LogP contribution in [0.1, 0.15) is 18.7 Å². The van der Waals surface area contributed by atoms with Gasteiger partial charge < -0.3 is 4.79 Å². The third-order valence-electron chi connectivity index (χ3n) is 1.40. The molecule has 1 aromatic heterocycles. The van der Waals surface area contributed by atoms with Gasteiger partial charge >= 0.3 is 0 Å². The average molecular weight is 229 g/mol. The lowest BCUT2D eigenvalue weighted by Crippen LogP contribution is -1.94. The van der Waals surface area contributed by atoms with Crippen LogP contribution in [-0.2, 0) is 11.2 Å². The van der Waals surface area contributed by atoms with Crippen LogP contribution in [0.5, 0.6) is 0 Å². The topological polar surface area (TPSA) is 42.9 Å². The van der Waals surface area contributed by atoms with Gasteiger partial charge in [0, 0.05) is 25.2 Å². The number of aromatic nitrogens is 2. The third kappa shape index (κ3) is 3.09. The molecule has 64 valence electrons. The molecule has 0 unspecified atom stereocenters. The van der Waals surface area contributed by atoms with Crippen LogP contribution in [-0.4, -0.2) is 16.3 Å². The van der Waals surface area contributed by atoms with Gasteiger partial charge in [-0.3, -0.25) is 0 Å². The van der Waals surface area contributed by atoms with Gasteiger partial charge in [-0.1, -0.05) is 0 Å². The van der Waals surface area contributed by atoms with E-state index in [2.05, 4.69) is 25.9 Å². The van der Waals surface area contributed by atoms with E-state index in [1.54, 1.807) is 12.4 Å². The average Bonchev–Trinajstić information content (AvgIpc) is 2.09. The van der Waals surface area contributed by atoms with E-state index >= 15 is 0 Å². The molecule has 0 bridgehead atoms. The molecule has 0 amide bonds. The minimum Gasteiger partial charge on any atom is -0.303 e. The smallest absolute Gasteiger partial charge is 0.128 e. The summed E-state index contributed by atoms with van der Waals surface area (Å²) >= 11 is 3.25. The zero-order chi connectivity index (χ0) is 8.81. The summed E-state index contributed by atoms with van der Waals surface area (Å²) in [5.74, 6) is 0.792. The third-order valence-corrected chi connectivity index (χ3v) is 1.81. The van der Waals surface area contributed by atoms with Gasteiger partial charge in [0.05, 0.1) is 4.47 Å². The van der Waals surface area contributed by atoms with Crippen LogP contribution in [0.25, 0.3) is 0 Å². The summed E-state index contributed by atoms with van der Waals surface area (Å²) in [6.45, 7) is 0. The Bertz CT molecular complexity index is 248. The van der Waals surface area contributed by atoms with E-state index in [1.165, 1.54) is 0 Å².